The van der Waals surface area contributed by atoms with Gasteiger partial charge in [0.15, 0.2) is 0 Å². The average molecular weight is 178 g/mol. The van der Waals surface area contributed by atoms with Gasteiger partial charge in [0.1, 0.15) is 6.26 Å². The number of hydrogen-bond acceptors (Lipinski definition) is 3. The molecule has 0 aliphatic rings. The maximum absolute atomic E-state index is 11.2. The van der Waals surface area contributed by atoms with E-state index in [1.807, 2.05) is 6.07 Å². The maximum Gasteiger partial charge on any atom is 0.254 e. The summed E-state index contributed by atoms with van der Waals surface area (Å²) in [6.07, 6.45) is 2.80. The molecule has 1 atom stereocenters. The van der Waals surface area contributed by atoms with Gasteiger partial charge in [-0.3, -0.25) is 4.79 Å². The minimum Gasteiger partial charge on any atom is -0.472 e. The van der Waals surface area contributed by atoms with Crippen molar-refractivity contribution in [2.75, 3.05) is 6.54 Å². The van der Waals surface area contributed by atoms with Gasteiger partial charge in [-0.15, -0.1) is 0 Å². The lowest BCUT2D eigenvalue weighted by Crippen LogP contribution is -2.27. The fraction of sp³-hybridized carbons (Fsp3) is 0.333. The lowest BCUT2D eigenvalue weighted by atomic mass is 10.2. The van der Waals surface area contributed by atoms with Gasteiger partial charge in [-0.25, -0.2) is 0 Å². The number of nitriles is 1. The van der Waals surface area contributed by atoms with Crippen LogP contribution in [-0.4, -0.2) is 12.5 Å². The molecule has 0 saturated heterocycles. The molecule has 0 aliphatic heterocycles. The van der Waals surface area contributed by atoms with Crippen LogP contribution in [0.15, 0.2) is 23.0 Å². The second-order valence-corrected chi connectivity index (χ2v) is 2.75. The molecule has 13 heavy (non-hydrogen) atoms. The van der Waals surface area contributed by atoms with Crippen LogP contribution in [0.2, 0.25) is 0 Å². The van der Waals surface area contributed by atoms with E-state index in [1.54, 1.807) is 13.0 Å². The Morgan fingerprint density at radius 1 is 1.85 bits per heavy atom. The zero-order valence-corrected chi connectivity index (χ0v) is 7.28. The third-order valence-electron chi connectivity index (χ3n) is 1.57. The molecule has 1 aromatic heterocycles. The quantitative estimate of drug-likeness (QED) is 0.755. The fourth-order valence-electron chi connectivity index (χ4n) is 0.787. The van der Waals surface area contributed by atoms with E-state index < -0.39 is 0 Å². The highest BCUT2D eigenvalue weighted by Gasteiger charge is 2.07. The van der Waals surface area contributed by atoms with Crippen LogP contribution in [0.25, 0.3) is 0 Å². The molecule has 0 radical (unpaired) electrons. The summed E-state index contributed by atoms with van der Waals surface area (Å²) < 4.78 is 4.74. The molecule has 0 saturated carbocycles. The zero-order chi connectivity index (χ0) is 9.68. The van der Waals surface area contributed by atoms with Crippen molar-refractivity contribution >= 4 is 5.91 Å². The van der Waals surface area contributed by atoms with Crippen LogP contribution in [0, 0.1) is 17.2 Å². The van der Waals surface area contributed by atoms with Gasteiger partial charge >= 0.3 is 0 Å². The van der Waals surface area contributed by atoms with Gasteiger partial charge in [0, 0.05) is 6.54 Å². The second kappa shape index (κ2) is 4.31. The van der Waals surface area contributed by atoms with E-state index in [0.29, 0.717) is 12.1 Å². The van der Waals surface area contributed by atoms with Crippen LogP contribution in [0.1, 0.15) is 17.3 Å². The van der Waals surface area contributed by atoms with Crippen LogP contribution < -0.4 is 5.32 Å². The molecule has 1 unspecified atom stereocenters. The van der Waals surface area contributed by atoms with Crippen molar-refractivity contribution in [3.63, 3.8) is 0 Å². The summed E-state index contributed by atoms with van der Waals surface area (Å²) >= 11 is 0. The Kier molecular flexibility index (Phi) is 3.09. The first-order valence-corrected chi connectivity index (χ1v) is 3.94. The lowest BCUT2D eigenvalue weighted by molar-refractivity contribution is 0.0950. The van der Waals surface area contributed by atoms with Crippen molar-refractivity contribution < 1.29 is 9.21 Å². The third-order valence-corrected chi connectivity index (χ3v) is 1.57. The van der Waals surface area contributed by atoms with Gasteiger partial charge in [0.2, 0.25) is 0 Å². The first kappa shape index (κ1) is 9.33. The number of furan rings is 1. The topological polar surface area (TPSA) is 66.0 Å². The number of hydrogen-bond donors (Lipinski definition) is 1. The van der Waals surface area contributed by atoms with Crippen molar-refractivity contribution in [1.29, 1.82) is 5.26 Å². The fourth-order valence-corrected chi connectivity index (χ4v) is 0.787. The summed E-state index contributed by atoms with van der Waals surface area (Å²) in [5.41, 5.74) is 0.477. The summed E-state index contributed by atoms with van der Waals surface area (Å²) in [4.78, 5) is 11.2. The Hall–Kier alpha value is -1.76. The SMILES string of the molecule is CC(C#N)CNC(=O)c1ccoc1. The standard InChI is InChI=1S/C9H10N2O2/c1-7(4-10)5-11-9(12)8-2-3-13-6-8/h2-3,6-7H,5H2,1H3,(H,11,12). The monoisotopic (exact) mass is 178 g/mol. The molecule has 4 nitrogen and oxygen atoms in total. The number of nitrogens with one attached hydrogen (secondary N) is 1. The smallest absolute Gasteiger partial charge is 0.254 e. The Morgan fingerprint density at radius 3 is 3.15 bits per heavy atom. The van der Waals surface area contributed by atoms with E-state index in [2.05, 4.69) is 5.32 Å². The summed E-state index contributed by atoms with van der Waals surface area (Å²) in [7, 11) is 0. The summed E-state index contributed by atoms with van der Waals surface area (Å²) in [6, 6.07) is 3.60. The summed E-state index contributed by atoms with van der Waals surface area (Å²) in [5, 5.41) is 11.1. The number of rotatable bonds is 3. The van der Waals surface area contributed by atoms with Gasteiger partial charge in [-0.1, -0.05) is 0 Å². The molecule has 68 valence electrons. The first-order valence-electron chi connectivity index (χ1n) is 3.94. The molecule has 0 fully saturated rings. The van der Waals surface area contributed by atoms with Gasteiger partial charge in [0.25, 0.3) is 5.91 Å². The minimum absolute atomic E-state index is 0.171. The molecule has 4 heteroatoms. The van der Waals surface area contributed by atoms with Crippen LogP contribution in [0.4, 0.5) is 0 Å². The number of nitrogens with zero attached hydrogens (tertiary/aromatic N) is 1. The zero-order valence-electron chi connectivity index (χ0n) is 7.28. The molecular weight excluding hydrogens is 168 g/mol. The Balaban J connectivity index is 2.40. The molecule has 0 aromatic carbocycles. The molecule has 1 rings (SSSR count). The molecule has 0 bridgehead atoms. The second-order valence-electron chi connectivity index (χ2n) is 2.75. The summed E-state index contributed by atoms with van der Waals surface area (Å²) in [5.74, 6) is -0.383. The van der Waals surface area contributed by atoms with E-state index >= 15 is 0 Å². The maximum atomic E-state index is 11.2. The van der Waals surface area contributed by atoms with E-state index in [9.17, 15) is 4.79 Å². The van der Waals surface area contributed by atoms with Gasteiger partial charge in [0.05, 0.1) is 23.8 Å². The highest BCUT2D eigenvalue weighted by molar-refractivity contribution is 5.93. The molecule has 1 N–H and O–H groups in total. The highest BCUT2D eigenvalue weighted by Crippen LogP contribution is 1.99. The number of amides is 1. The minimum atomic E-state index is -0.212. The molecule has 0 aliphatic carbocycles. The average Bonchev–Trinajstić information content (AvgIpc) is 2.66. The predicted octanol–water partition coefficient (Wildman–Crippen LogP) is 1.17. The van der Waals surface area contributed by atoms with Gasteiger partial charge < -0.3 is 9.73 Å². The first-order chi connectivity index (χ1) is 6.24. The Bertz CT molecular complexity index is 311. The molecule has 1 aromatic rings. The van der Waals surface area contributed by atoms with Crippen molar-refractivity contribution in [3.05, 3.63) is 24.2 Å². The van der Waals surface area contributed by atoms with Crippen molar-refractivity contribution in [2.45, 2.75) is 6.92 Å². The number of carbonyl (C=O) groups excluding carboxylic acids is 1. The largest absolute Gasteiger partial charge is 0.472 e. The van der Waals surface area contributed by atoms with Crippen molar-refractivity contribution in [1.82, 2.24) is 5.32 Å². The van der Waals surface area contributed by atoms with Gasteiger partial charge in [-0.2, -0.15) is 5.26 Å². The van der Waals surface area contributed by atoms with E-state index in [4.69, 9.17) is 9.68 Å². The Morgan fingerprint density at radius 2 is 2.62 bits per heavy atom. The number of carbonyl (C=O) groups is 1. The van der Waals surface area contributed by atoms with Crippen LogP contribution in [-0.2, 0) is 0 Å². The van der Waals surface area contributed by atoms with Crippen LogP contribution >= 0.6 is 0 Å². The van der Waals surface area contributed by atoms with E-state index in [0.717, 1.165) is 0 Å². The third kappa shape index (κ3) is 2.64. The predicted molar refractivity (Wildman–Crippen MR) is 45.8 cm³/mol. The van der Waals surface area contributed by atoms with Crippen LogP contribution in [0.3, 0.4) is 0 Å². The van der Waals surface area contributed by atoms with Gasteiger partial charge in [-0.05, 0) is 13.0 Å². The van der Waals surface area contributed by atoms with Crippen LogP contribution in [0.5, 0.6) is 0 Å². The molecule has 1 heterocycles. The van der Waals surface area contributed by atoms with Crippen molar-refractivity contribution in [3.8, 4) is 6.07 Å². The summed E-state index contributed by atoms with van der Waals surface area (Å²) in [6.45, 7) is 2.11. The highest BCUT2D eigenvalue weighted by atomic mass is 16.3. The van der Waals surface area contributed by atoms with Crippen molar-refractivity contribution in [2.24, 2.45) is 5.92 Å². The molecular formula is C9H10N2O2. The van der Waals surface area contributed by atoms with E-state index in [1.165, 1.54) is 12.5 Å². The van der Waals surface area contributed by atoms with E-state index in [-0.39, 0.29) is 11.8 Å². The molecule has 1 amide bonds. The molecule has 0 spiro atoms. The normalized spacial score (nSPS) is 11.7. The Labute approximate surface area is 76.2 Å². The lowest BCUT2D eigenvalue weighted by Gasteiger charge is -2.03.